The standard InChI is InChI=1S/C14H20OSe/c15-14(16)12-8-3-1-2-5-9-13-10-6-4-7-11-13/h4,6-7,10-11H,1-3,5,8-9,12H2,(H,15,16)/p-1. The monoisotopic (exact) mass is 283 g/mol. The van der Waals surface area contributed by atoms with Crippen LogP contribution >= 0.6 is 0 Å². The van der Waals surface area contributed by atoms with Crippen molar-refractivity contribution in [1.82, 2.24) is 0 Å². The van der Waals surface area contributed by atoms with Crippen molar-refractivity contribution < 1.29 is 4.79 Å². The van der Waals surface area contributed by atoms with Gasteiger partial charge in [0.15, 0.2) is 0 Å². The fraction of sp³-hybridized carbons (Fsp3) is 0.500. The van der Waals surface area contributed by atoms with Crippen molar-refractivity contribution in [3.63, 3.8) is 0 Å². The molecule has 0 aliphatic heterocycles. The topological polar surface area (TPSA) is 17.1 Å². The molecule has 1 rings (SSSR count). The van der Waals surface area contributed by atoms with E-state index in [0.29, 0.717) is 6.42 Å². The summed E-state index contributed by atoms with van der Waals surface area (Å²) < 4.78 is 0.198. The molecule has 0 bridgehead atoms. The Morgan fingerprint density at radius 1 is 0.938 bits per heavy atom. The van der Waals surface area contributed by atoms with E-state index in [1.165, 1.54) is 37.7 Å². The Labute approximate surface area is 106 Å². The van der Waals surface area contributed by atoms with Gasteiger partial charge < -0.3 is 0 Å². The Morgan fingerprint density at radius 2 is 1.56 bits per heavy atom. The van der Waals surface area contributed by atoms with E-state index in [0.717, 1.165) is 6.42 Å². The summed E-state index contributed by atoms with van der Waals surface area (Å²) in [7, 11) is 0. The van der Waals surface area contributed by atoms with E-state index in [1.807, 2.05) is 0 Å². The first-order valence-electron chi connectivity index (χ1n) is 6.03. The summed E-state index contributed by atoms with van der Waals surface area (Å²) in [5.41, 5.74) is 1.43. The van der Waals surface area contributed by atoms with Gasteiger partial charge >= 0.3 is 106 Å². The number of carbonyl (C=O) groups is 1. The zero-order valence-electron chi connectivity index (χ0n) is 9.65. The van der Waals surface area contributed by atoms with Crippen molar-refractivity contribution in [2.75, 3.05) is 0 Å². The maximum atomic E-state index is 10.7. The van der Waals surface area contributed by atoms with Gasteiger partial charge in [-0.05, 0) is 0 Å². The molecule has 0 saturated heterocycles. The molecule has 0 unspecified atom stereocenters. The van der Waals surface area contributed by atoms with Gasteiger partial charge in [0.05, 0.1) is 0 Å². The molecule has 0 aromatic heterocycles. The predicted octanol–water partition coefficient (Wildman–Crippen LogP) is 3.26. The van der Waals surface area contributed by atoms with Crippen molar-refractivity contribution in [2.24, 2.45) is 0 Å². The third-order valence-electron chi connectivity index (χ3n) is 2.69. The van der Waals surface area contributed by atoms with E-state index in [2.05, 4.69) is 46.3 Å². The second-order valence-corrected chi connectivity index (χ2v) is 5.08. The summed E-state index contributed by atoms with van der Waals surface area (Å²) in [6, 6.07) is 10.6. The molecule has 0 amide bonds. The van der Waals surface area contributed by atoms with Crippen LogP contribution in [0.4, 0.5) is 0 Å². The molecule has 0 saturated carbocycles. The molecule has 1 aromatic carbocycles. The van der Waals surface area contributed by atoms with Crippen molar-refractivity contribution in [1.29, 1.82) is 0 Å². The molecule has 16 heavy (non-hydrogen) atoms. The second-order valence-electron chi connectivity index (χ2n) is 4.13. The first-order valence-corrected chi connectivity index (χ1v) is 6.88. The number of aryl methyl sites for hydroxylation is 1. The molecule has 0 heterocycles. The molecule has 0 spiro atoms. The van der Waals surface area contributed by atoms with Crippen LogP contribution in [-0.4, -0.2) is 20.7 Å². The molecule has 0 aliphatic carbocycles. The van der Waals surface area contributed by atoms with Gasteiger partial charge in [-0.1, -0.05) is 0 Å². The van der Waals surface area contributed by atoms with Crippen molar-refractivity contribution in [3.8, 4) is 0 Å². The van der Waals surface area contributed by atoms with Crippen LogP contribution < -0.4 is 0 Å². The molecule has 2 heteroatoms. The van der Waals surface area contributed by atoms with Gasteiger partial charge in [-0.3, -0.25) is 0 Å². The van der Waals surface area contributed by atoms with E-state index in [4.69, 9.17) is 0 Å². The average Bonchev–Trinajstić information content (AvgIpc) is 2.29. The molecule has 0 N–H and O–H groups in total. The van der Waals surface area contributed by atoms with Crippen LogP contribution in [0.3, 0.4) is 0 Å². The third kappa shape index (κ3) is 6.81. The molecule has 0 aliphatic rings. The normalized spacial score (nSPS) is 10.2. The summed E-state index contributed by atoms with van der Waals surface area (Å²) in [6.07, 6.45) is 7.90. The molecule has 0 atom stereocenters. The first-order chi connectivity index (χ1) is 7.79. The van der Waals surface area contributed by atoms with E-state index in [1.54, 1.807) is 0 Å². The minimum absolute atomic E-state index is 0.198. The Hall–Kier alpha value is -0.591. The average molecular weight is 282 g/mol. The molecular weight excluding hydrogens is 263 g/mol. The van der Waals surface area contributed by atoms with Crippen LogP contribution in [0.15, 0.2) is 30.3 Å². The van der Waals surface area contributed by atoms with Crippen LogP contribution in [0.2, 0.25) is 0 Å². The quantitative estimate of drug-likeness (QED) is 0.528. The molecular formula is C14H19OSe-. The van der Waals surface area contributed by atoms with E-state index in [-0.39, 0.29) is 4.68 Å². The van der Waals surface area contributed by atoms with Gasteiger partial charge in [-0.25, -0.2) is 0 Å². The Bertz CT molecular complexity index is 295. The van der Waals surface area contributed by atoms with Gasteiger partial charge in [0.2, 0.25) is 0 Å². The summed E-state index contributed by atoms with van der Waals surface area (Å²) in [5.74, 6) is 0. The fourth-order valence-electron chi connectivity index (χ4n) is 1.77. The second kappa shape index (κ2) is 8.55. The minimum atomic E-state index is 0.198. The third-order valence-corrected chi connectivity index (χ3v) is 3.12. The van der Waals surface area contributed by atoms with Gasteiger partial charge in [0.25, 0.3) is 0 Å². The summed E-state index contributed by atoms with van der Waals surface area (Å²) in [6.45, 7) is 0. The molecule has 0 fully saturated rings. The van der Waals surface area contributed by atoms with Crippen molar-refractivity contribution in [3.05, 3.63) is 35.9 Å². The van der Waals surface area contributed by atoms with Crippen molar-refractivity contribution in [2.45, 2.75) is 44.9 Å². The number of hydrogen-bond acceptors (Lipinski definition) is 1. The fourth-order valence-corrected chi connectivity index (χ4v) is 2.08. The number of benzene rings is 1. The Kier molecular flexibility index (Phi) is 7.20. The van der Waals surface area contributed by atoms with E-state index in [9.17, 15) is 4.79 Å². The first kappa shape index (κ1) is 13.5. The zero-order valence-corrected chi connectivity index (χ0v) is 11.4. The summed E-state index contributed by atoms with van der Waals surface area (Å²) in [5, 5.41) is 0. The number of rotatable bonds is 8. The van der Waals surface area contributed by atoms with Gasteiger partial charge in [-0.2, -0.15) is 0 Å². The van der Waals surface area contributed by atoms with Crippen LogP contribution in [-0.2, 0) is 11.2 Å². The van der Waals surface area contributed by atoms with Gasteiger partial charge in [0, 0.05) is 0 Å². The van der Waals surface area contributed by atoms with E-state index >= 15 is 0 Å². The van der Waals surface area contributed by atoms with Crippen molar-refractivity contribution >= 4 is 20.7 Å². The number of hydrogen-bond donors (Lipinski definition) is 0. The SMILES string of the molecule is O=C([Se-])CCCCCCCc1ccccc1. The predicted molar refractivity (Wildman–Crippen MR) is 68.6 cm³/mol. The molecule has 88 valence electrons. The molecule has 1 aromatic rings. The van der Waals surface area contributed by atoms with Gasteiger partial charge in [-0.15, -0.1) is 0 Å². The summed E-state index contributed by atoms with van der Waals surface area (Å²) in [4.78, 5) is 10.7. The van der Waals surface area contributed by atoms with Crippen LogP contribution in [0.5, 0.6) is 0 Å². The van der Waals surface area contributed by atoms with E-state index < -0.39 is 0 Å². The van der Waals surface area contributed by atoms with Crippen LogP contribution in [0.1, 0.15) is 44.1 Å². The number of carbonyl (C=O) groups excluding carboxylic acids is 1. The number of unbranched alkanes of at least 4 members (excludes halogenated alkanes) is 4. The van der Waals surface area contributed by atoms with Crippen LogP contribution in [0, 0.1) is 0 Å². The van der Waals surface area contributed by atoms with Gasteiger partial charge in [0.1, 0.15) is 0 Å². The zero-order chi connectivity index (χ0) is 11.6. The molecule has 0 radical (unpaired) electrons. The Morgan fingerprint density at radius 3 is 2.25 bits per heavy atom. The van der Waals surface area contributed by atoms with Crippen LogP contribution in [0.25, 0.3) is 0 Å². The molecule has 1 nitrogen and oxygen atoms in total. The maximum absolute atomic E-state index is 10.7. The Balaban J connectivity index is 1.94. The summed E-state index contributed by atoms with van der Waals surface area (Å²) >= 11 is 2.52.